The van der Waals surface area contributed by atoms with Crippen molar-refractivity contribution in [1.82, 2.24) is 14.8 Å². The number of carbonyl (C=O) groups is 1. The summed E-state index contributed by atoms with van der Waals surface area (Å²) in [4.78, 5) is 17.1. The number of carbonyl (C=O) groups excluding carboxylic acids is 1. The second-order valence-electron chi connectivity index (χ2n) is 7.91. The molecule has 0 saturated carbocycles. The van der Waals surface area contributed by atoms with E-state index in [2.05, 4.69) is 15.4 Å². The molecule has 2 aromatic heterocycles. The van der Waals surface area contributed by atoms with Crippen LogP contribution in [0, 0.1) is 34.6 Å². The largest absolute Gasteiger partial charge is 0.467 e. The number of aryl methyl sites for hydroxylation is 5. The number of para-hydroxylation sites is 1. The maximum Gasteiger partial charge on any atom is 0.262 e. The van der Waals surface area contributed by atoms with Crippen LogP contribution in [0.25, 0.3) is 16.7 Å². The molecule has 0 aliphatic heterocycles. The van der Waals surface area contributed by atoms with Gasteiger partial charge in [0, 0.05) is 17.1 Å². The molecule has 0 spiro atoms. The van der Waals surface area contributed by atoms with Gasteiger partial charge in [-0.1, -0.05) is 35.9 Å². The third-order valence-electron chi connectivity index (χ3n) is 5.36. The Balaban J connectivity index is 1.59. The van der Waals surface area contributed by atoms with Crippen LogP contribution >= 0.6 is 0 Å². The minimum Gasteiger partial charge on any atom is -0.467 e. The van der Waals surface area contributed by atoms with Crippen LogP contribution in [0.4, 0.5) is 5.69 Å². The zero-order valence-electron chi connectivity index (χ0n) is 18.5. The van der Waals surface area contributed by atoms with Gasteiger partial charge in [-0.2, -0.15) is 10.1 Å². The number of pyridine rings is 1. The summed E-state index contributed by atoms with van der Waals surface area (Å²) in [5.41, 5.74) is 7.59. The molecule has 31 heavy (non-hydrogen) atoms. The molecule has 1 amide bonds. The number of benzene rings is 2. The van der Waals surface area contributed by atoms with Crippen LogP contribution in [0.5, 0.6) is 5.88 Å². The van der Waals surface area contributed by atoms with Gasteiger partial charge in [-0.25, -0.2) is 4.68 Å². The minimum atomic E-state index is -0.222. The van der Waals surface area contributed by atoms with Crippen molar-refractivity contribution < 1.29 is 9.53 Å². The second-order valence-corrected chi connectivity index (χ2v) is 7.91. The topological polar surface area (TPSA) is 69.0 Å². The lowest BCUT2D eigenvalue weighted by molar-refractivity contribution is -0.118. The van der Waals surface area contributed by atoms with Gasteiger partial charge < -0.3 is 10.1 Å². The SMILES string of the molecule is Cc1ccc(-n2nc(C)c3c(C)cc(OCC(=O)Nc4c(C)cccc4C)nc32)cc1. The molecule has 4 aromatic rings. The van der Waals surface area contributed by atoms with E-state index in [1.807, 2.05) is 87.8 Å². The highest BCUT2D eigenvalue weighted by molar-refractivity contribution is 5.93. The van der Waals surface area contributed by atoms with Gasteiger partial charge in [-0.3, -0.25) is 4.79 Å². The smallest absolute Gasteiger partial charge is 0.262 e. The zero-order valence-corrected chi connectivity index (χ0v) is 18.5. The molecule has 0 saturated heterocycles. The van der Waals surface area contributed by atoms with Crippen LogP contribution in [0.3, 0.4) is 0 Å². The van der Waals surface area contributed by atoms with E-state index in [1.165, 1.54) is 5.56 Å². The van der Waals surface area contributed by atoms with Crippen molar-refractivity contribution in [3.63, 3.8) is 0 Å². The maximum atomic E-state index is 12.5. The van der Waals surface area contributed by atoms with E-state index in [4.69, 9.17) is 4.74 Å². The van der Waals surface area contributed by atoms with Gasteiger partial charge in [0.15, 0.2) is 12.3 Å². The number of fused-ring (bicyclic) bond motifs is 1. The average Bonchev–Trinajstić information content (AvgIpc) is 3.07. The first kappa shape index (κ1) is 20.6. The van der Waals surface area contributed by atoms with Crippen molar-refractivity contribution in [1.29, 1.82) is 0 Å². The second kappa shape index (κ2) is 8.22. The van der Waals surface area contributed by atoms with E-state index in [1.54, 1.807) is 0 Å². The van der Waals surface area contributed by atoms with Gasteiger partial charge >= 0.3 is 0 Å². The zero-order chi connectivity index (χ0) is 22.1. The Kier molecular flexibility index (Phi) is 5.46. The van der Waals surface area contributed by atoms with E-state index in [9.17, 15) is 4.79 Å². The van der Waals surface area contributed by atoms with Crippen LogP contribution in [0.1, 0.15) is 27.9 Å². The summed E-state index contributed by atoms with van der Waals surface area (Å²) in [6.45, 7) is 9.84. The Labute approximate surface area is 181 Å². The molecule has 6 heteroatoms. The molecule has 0 atom stereocenters. The molecule has 0 unspecified atom stereocenters. The Morgan fingerprint density at radius 2 is 1.65 bits per heavy atom. The van der Waals surface area contributed by atoms with E-state index >= 15 is 0 Å². The van der Waals surface area contributed by atoms with Crippen molar-refractivity contribution in [3.05, 3.63) is 76.5 Å². The predicted octanol–water partition coefficient (Wildman–Crippen LogP) is 4.98. The highest BCUT2D eigenvalue weighted by atomic mass is 16.5. The molecule has 0 radical (unpaired) electrons. The summed E-state index contributed by atoms with van der Waals surface area (Å²) < 4.78 is 7.58. The number of anilines is 1. The Morgan fingerprint density at radius 3 is 2.32 bits per heavy atom. The first-order chi connectivity index (χ1) is 14.8. The van der Waals surface area contributed by atoms with Crippen molar-refractivity contribution in [2.24, 2.45) is 0 Å². The minimum absolute atomic E-state index is 0.122. The highest BCUT2D eigenvalue weighted by Crippen LogP contribution is 2.27. The average molecular weight is 415 g/mol. The molecule has 0 bridgehead atoms. The predicted molar refractivity (Wildman–Crippen MR) is 123 cm³/mol. The molecular formula is C25H26N4O2. The lowest BCUT2D eigenvalue weighted by atomic mass is 10.1. The fourth-order valence-electron chi connectivity index (χ4n) is 3.74. The van der Waals surface area contributed by atoms with Crippen LogP contribution in [0.2, 0.25) is 0 Å². The van der Waals surface area contributed by atoms with E-state index in [-0.39, 0.29) is 12.5 Å². The molecule has 158 valence electrons. The number of rotatable bonds is 5. The van der Waals surface area contributed by atoms with Crippen molar-refractivity contribution in [3.8, 4) is 11.6 Å². The van der Waals surface area contributed by atoms with E-state index < -0.39 is 0 Å². The standard InChI is InChI=1S/C25H26N4O2/c1-15-9-11-20(12-10-15)29-25-23(19(5)28-29)18(4)13-22(27-25)31-14-21(30)26-24-16(2)7-6-8-17(24)3/h6-13H,14H2,1-5H3,(H,26,30). The summed E-state index contributed by atoms with van der Waals surface area (Å²) in [7, 11) is 0. The number of nitrogens with one attached hydrogen (secondary N) is 1. The fourth-order valence-corrected chi connectivity index (χ4v) is 3.74. The third kappa shape index (κ3) is 4.14. The summed E-state index contributed by atoms with van der Waals surface area (Å²) in [5.74, 6) is 0.176. The maximum absolute atomic E-state index is 12.5. The highest BCUT2D eigenvalue weighted by Gasteiger charge is 2.16. The number of ether oxygens (including phenoxy) is 1. The van der Waals surface area contributed by atoms with Crippen molar-refractivity contribution >= 4 is 22.6 Å². The van der Waals surface area contributed by atoms with Crippen molar-refractivity contribution in [2.45, 2.75) is 34.6 Å². The lowest BCUT2D eigenvalue weighted by Crippen LogP contribution is -2.21. The lowest BCUT2D eigenvalue weighted by Gasteiger charge is -2.12. The molecule has 2 aromatic carbocycles. The molecule has 2 heterocycles. The number of hydrogen-bond acceptors (Lipinski definition) is 4. The first-order valence-corrected chi connectivity index (χ1v) is 10.3. The van der Waals surface area contributed by atoms with Gasteiger partial charge in [0.1, 0.15) is 0 Å². The first-order valence-electron chi connectivity index (χ1n) is 10.3. The number of aromatic nitrogens is 3. The van der Waals surface area contributed by atoms with Gasteiger partial charge in [-0.15, -0.1) is 0 Å². The Bertz CT molecular complexity index is 1250. The molecule has 1 N–H and O–H groups in total. The molecule has 0 aliphatic carbocycles. The number of amides is 1. The van der Waals surface area contributed by atoms with E-state index in [0.29, 0.717) is 11.5 Å². The summed E-state index contributed by atoms with van der Waals surface area (Å²) >= 11 is 0. The monoisotopic (exact) mass is 414 g/mol. The fraction of sp³-hybridized carbons (Fsp3) is 0.240. The van der Waals surface area contributed by atoms with Crippen molar-refractivity contribution in [2.75, 3.05) is 11.9 Å². The Hall–Kier alpha value is -3.67. The summed E-state index contributed by atoms with van der Waals surface area (Å²) in [6.07, 6.45) is 0. The van der Waals surface area contributed by atoms with Gasteiger partial charge in [0.2, 0.25) is 5.88 Å². The quantitative estimate of drug-likeness (QED) is 0.500. The third-order valence-corrected chi connectivity index (χ3v) is 5.36. The number of hydrogen-bond donors (Lipinski definition) is 1. The molecular weight excluding hydrogens is 388 g/mol. The molecule has 4 rings (SSSR count). The van der Waals surface area contributed by atoms with Gasteiger partial charge in [0.05, 0.1) is 11.4 Å². The summed E-state index contributed by atoms with van der Waals surface area (Å²) in [6, 6.07) is 15.9. The van der Waals surface area contributed by atoms with Crippen LogP contribution in [-0.4, -0.2) is 27.3 Å². The number of nitrogens with zero attached hydrogens (tertiary/aromatic N) is 3. The van der Waals surface area contributed by atoms with Crippen LogP contribution < -0.4 is 10.1 Å². The normalized spacial score (nSPS) is 11.0. The van der Waals surface area contributed by atoms with Gasteiger partial charge in [-0.05, 0) is 63.4 Å². The summed E-state index contributed by atoms with van der Waals surface area (Å²) in [5, 5.41) is 8.61. The Morgan fingerprint density at radius 1 is 0.968 bits per heavy atom. The van der Waals surface area contributed by atoms with E-state index in [0.717, 1.165) is 39.1 Å². The van der Waals surface area contributed by atoms with Crippen LogP contribution in [-0.2, 0) is 4.79 Å². The van der Waals surface area contributed by atoms with Gasteiger partial charge in [0.25, 0.3) is 5.91 Å². The molecule has 0 fully saturated rings. The molecule has 0 aliphatic rings. The molecule has 6 nitrogen and oxygen atoms in total. The van der Waals surface area contributed by atoms with Crippen LogP contribution in [0.15, 0.2) is 48.5 Å².